The molecule has 168 valence electrons. The van der Waals surface area contributed by atoms with Crippen LogP contribution < -0.4 is 4.74 Å². The number of aromatic hydroxyl groups is 1. The minimum absolute atomic E-state index is 0.199. The maximum Gasteiger partial charge on any atom is 0.338 e. The second-order valence-electron chi connectivity index (χ2n) is 10.9. The SMILES string of the molecule is C=C(C)C(=O)Oc1ccc(C(C)C)cc1Cc1cc(C(C)(C)C)c(O)c(C(C)(C)C)c1. The Morgan fingerprint density at radius 3 is 1.94 bits per heavy atom. The number of carbonyl (C=O) groups excluding carboxylic acids is 1. The number of esters is 1. The zero-order chi connectivity index (χ0) is 23.7. The summed E-state index contributed by atoms with van der Waals surface area (Å²) in [6.07, 6.45) is 0.603. The summed E-state index contributed by atoms with van der Waals surface area (Å²) in [5, 5.41) is 11.0. The van der Waals surface area contributed by atoms with Crippen LogP contribution in [-0.4, -0.2) is 11.1 Å². The van der Waals surface area contributed by atoms with Crippen molar-refractivity contribution in [3.63, 3.8) is 0 Å². The lowest BCUT2D eigenvalue weighted by molar-refractivity contribution is -0.130. The van der Waals surface area contributed by atoms with Gasteiger partial charge < -0.3 is 9.84 Å². The molecular weight excluding hydrogens is 384 g/mol. The van der Waals surface area contributed by atoms with E-state index in [1.165, 1.54) is 5.56 Å². The molecule has 0 aliphatic heterocycles. The average molecular weight is 423 g/mol. The Hall–Kier alpha value is -2.55. The van der Waals surface area contributed by atoms with E-state index in [-0.39, 0.29) is 10.8 Å². The predicted octanol–water partition coefficient (Wildman–Crippen LogP) is 7.18. The first-order valence-corrected chi connectivity index (χ1v) is 11.0. The van der Waals surface area contributed by atoms with Gasteiger partial charge >= 0.3 is 5.97 Å². The first-order valence-electron chi connectivity index (χ1n) is 11.0. The first kappa shape index (κ1) is 24.7. The van der Waals surface area contributed by atoms with Gasteiger partial charge in [0.05, 0.1) is 0 Å². The number of ether oxygens (including phenoxy) is 1. The third-order valence-corrected chi connectivity index (χ3v) is 5.48. The Labute approximate surface area is 188 Å². The number of rotatable bonds is 5. The van der Waals surface area contributed by atoms with Crippen LogP contribution in [0.5, 0.6) is 11.5 Å². The van der Waals surface area contributed by atoms with Crippen molar-refractivity contribution in [2.75, 3.05) is 0 Å². The van der Waals surface area contributed by atoms with E-state index in [0.29, 0.717) is 29.4 Å². The van der Waals surface area contributed by atoms with Crippen molar-refractivity contribution in [3.05, 3.63) is 70.3 Å². The quantitative estimate of drug-likeness (QED) is 0.315. The standard InChI is InChI=1S/C28H38O3/c1-17(2)20-11-12-24(31-26(30)18(3)4)21(16-20)13-19-14-22(27(5,6)7)25(29)23(15-19)28(8,9)10/h11-12,14-17,29H,3,13H2,1-2,4-10H3. The third kappa shape index (κ3) is 6.00. The molecule has 0 heterocycles. The van der Waals surface area contributed by atoms with Crippen molar-refractivity contribution in [2.45, 2.75) is 85.5 Å². The number of phenolic OH excluding ortho intramolecular Hbond substituents is 1. The van der Waals surface area contributed by atoms with Gasteiger partial charge in [-0.05, 0) is 57.6 Å². The molecule has 0 fully saturated rings. The predicted molar refractivity (Wildman–Crippen MR) is 129 cm³/mol. The van der Waals surface area contributed by atoms with E-state index < -0.39 is 5.97 Å². The Balaban J connectivity index is 2.64. The van der Waals surface area contributed by atoms with Gasteiger partial charge in [0.1, 0.15) is 11.5 Å². The second-order valence-corrected chi connectivity index (χ2v) is 10.9. The molecule has 31 heavy (non-hydrogen) atoms. The minimum Gasteiger partial charge on any atom is -0.507 e. The highest BCUT2D eigenvalue weighted by atomic mass is 16.5. The first-order chi connectivity index (χ1) is 14.1. The van der Waals surface area contributed by atoms with Gasteiger partial charge in [0.2, 0.25) is 0 Å². The number of hydrogen-bond acceptors (Lipinski definition) is 3. The summed E-state index contributed by atoms with van der Waals surface area (Å²) < 4.78 is 5.64. The molecule has 2 aromatic rings. The lowest BCUT2D eigenvalue weighted by Gasteiger charge is -2.28. The molecular formula is C28H38O3. The molecule has 0 atom stereocenters. The fraction of sp³-hybridized carbons (Fsp3) is 0.464. The molecule has 1 N–H and O–H groups in total. The van der Waals surface area contributed by atoms with Crippen molar-refractivity contribution >= 4 is 5.97 Å². The normalized spacial score (nSPS) is 12.2. The van der Waals surface area contributed by atoms with E-state index in [9.17, 15) is 9.90 Å². The fourth-order valence-electron chi connectivity index (χ4n) is 3.54. The molecule has 0 amide bonds. The number of carbonyl (C=O) groups is 1. The van der Waals surface area contributed by atoms with Crippen LogP contribution >= 0.6 is 0 Å². The largest absolute Gasteiger partial charge is 0.507 e. The Morgan fingerprint density at radius 2 is 1.52 bits per heavy atom. The van der Waals surface area contributed by atoms with Crippen molar-refractivity contribution < 1.29 is 14.6 Å². The molecule has 3 nitrogen and oxygen atoms in total. The highest BCUT2D eigenvalue weighted by Crippen LogP contribution is 2.40. The van der Waals surface area contributed by atoms with Crippen molar-refractivity contribution in [1.82, 2.24) is 0 Å². The van der Waals surface area contributed by atoms with Crippen molar-refractivity contribution in [2.24, 2.45) is 0 Å². The monoisotopic (exact) mass is 422 g/mol. The summed E-state index contributed by atoms with van der Waals surface area (Å²) >= 11 is 0. The van der Waals surface area contributed by atoms with E-state index in [1.54, 1.807) is 6.92 Å². The van der Waals surface area contributed by atoms with Gasteiger partial charge in [0.25, 0.3) is 0 Å². The molecule has 3 heteroatoms. The van der Waals surface area contributed by atoms with Crippen LogP contribution in [0.2, 0.25) is 0 Å². The summed E-state index contributed by atoms with van der Waals surface area (Å²) in [6, 6.07) is 10.2. The van der Waals surface area contributed by atoms with Gasteiger partial charge in [-0.15, -0.1) is 0 Å². The molecule has 0 bridgehead atoms. The summed E-state index contributed by atoms with van der Waals surface area (Å²) in [5.41, 5.74) is 5.05. The smallest absolute Gasteiger partial charge is 0.338 e. The summed E-state index contributed by atoms with van der Waals surface area (Å²) in [4.78, 5) is 12.2. The molecule has 2 rings (SSSR count). The molecule has 0 aliphatic carbocycles. The van der Waals surface area contributed by atoms with Crippen LogP contribution in [0.3, 0.4) is 0 Å². The Morgan fingerprint density at radius 1 is 1.00 bits per heavy atom. The maximum atomic E-state index is 12.2. The van der Waals surface area contributed by atoms with Crippen molar-refractivity contribution in [3.8, 4) is 11.5 Å². The lowest BCUT2D eigenvalue weighted by atomic mass is 9.78. The molecule has 0 aromatic heterocycles. The van der Waals surface area contributed by atoms with Gasteiger partial charge in [0.15, 0.2) is 0 Å². The van der Waals surface area contributed by atoms with E-state index in [1.807, 2.05) is 12.1 Å². The van der Waals surface area contributed by atoms with Crippen molar-refractivity contribution in [1.29, 1.82) is 0 Å². The highest BCUT2D eigenvalue weighted by Gasteiger charge is 2.27. The van der Waals surface area contributed by atoms with Gasteiger partial charge in [0, 0.05) is 12.0 Å². The van der Waals surface area contributed by atoms with Gasteiger partial charge in [-0.2, -0.15) is 0 Å². The van der Waals surface area contributed by atoms with Crippen LogP contribution in [-0.2, 0) is 22.0 Å². The third-order valence-electron chi connectivity index (χ3n) is 5.48. The number of hydrogen-bond donors (Lipinski definition) is 1. The summed E-state index contributed by atoms with van der Waals surface area (Å²) in [7, 11) is 0. The van der Waals surface area contributed by atoms with Crippen LogP contribution in [0.4, 0.5) is 0 Å². The van der Waals surface area contributed by atoms with Gasteiger partial charge in [-0.25, -0.2) is 4.79 Å². The van der Waals surface area contributed by atoms with Crippen LogP contribution in [0.15, 0.2) is 42.5 Å². The van der Waals surface area contributed by atoms with Crippen LogP contribution in [0.25, 0.3) is 0 Å². The lowest BCUT2D eigenvalue weighted by Crippen LogP contribution is -2.18. The molecule has 0 aliphatic rings. The molecule has 0 saturated heterocycles. The molecule has 0 saturated carbocycles. The minimum atomic E-state index is -0.421. The zero-order valence-electron chi connectivity index (χ0n) is 20.6. The average Bonchev–Trinajstić information content (AvgIpc) is 2.62. The highest BCUT2D eigenvalue weighted by molar-refractivity contribution is 5.89. The summed E-state index contributed by atoms with van der Waals surface area (Å²) in [5.74, 6) is 0.864. The van der Waals surface area contributed by atoms with E-state index in [2.05, 4.69) is 80.2 Å². The van der Waals surface area contributed by atoms with Gasteiger partial charge in [-0.3, -0.25) is 0 Å². The fourth-order valence-corrected chi connectivity index (χ4v) is 3.54. The van der Waals surface area contributed by atoms with E-state index in [4.69, 9.17) is 4.74 Å². The zero-order valence-corrected chi connectivity index (χ0v) is 20.6. The van der Waals surface area contributed by atoms with E-state index in [0.717, 1.165) is 22.3 Å². The molecule has 0 radical (unpaired) electrons. The van der Waals surface area contributed by atoms with Crippen LogP contribution in [0, 0.1) is 0 Å². The topological polar surface area (TPSA) is 46.5 Å². The summed E-state index contributed by atoms with van der Waals surface area (Å²) in [6.45, 7) is 22.3. The second kappa shape index (κ2) is 8.90. The van der Waals surface area contributed by atoms with Crippen LogP contribution in [0.1, 0.15) is 96.0 Å². The van der Waals surface area contributed by atoms with Gasteiger partial charge in [-0.1, -0.05) is 86.2 Å². The molecule has 0 spiro atoms. The Bertz CT molecular complexity index is 947. The number of phenols is 1. The Kier molecular flexibility index (Phi) is 7.10. The molecule has 0 unspecified atom stereocenters. The van der Waals surface area contributed by atoms with E-state index >= 15 is 0 Å². The number of benzene rings is 2. The maximum absolute atomic E-state index is 12.2. The molecule has 2 aromatic carbocycles.